The zero-order chi connectivity index (χ0) is 13.9. The van der Waals surface area contributed by atoms with Crippen LogP contribution in [0.2, 0.25) is 5.15 Å². The van der Waals surface area contributed by atoms with Gasteiger partial charge in [0.05, 0.1) is 6.26 Å². The Balaban J connectivity index is 1.89. The van der Waals surface area contributed by atoms with Crippen LogP contribution in [0.3, 0.4) is 0 Å². The number of aromatic hydroxyl groups is 1. The van der Waals surface area contributed by atoms with Crippen LogP contribution in [0.15, 0.2) is 53.1 Å². The predicted octanol–water partition coefficient (Wildman–Crippen LogP) is 3.89. The molecule has 100 valence electrons. The van der Waals surface area contributed by atoms with Gasteiger partial charge in [-0.25, -0.2) is 0 Å². The third kappa shape index (κ3) is 2.57. The molecule has 0 spiro atoms. The topological polar surface area (TPSA) is 68.4 Å². The van der Waals surface area contributed by atoms with Crippen LogP contribution in [-0.2, 0) is 0 Å². The number of ether oxygens (including phenoxy) is 1. The van der Waals surface area contributed by atoms with Crippen LogP contribution in [0.5, 0.6) is 17.4 Å². The van der Waals surface area contributed by atoms with Crippen molar-refractivity contribution in [1.82, 2.24) is 10.2 Å². The summed E-state index contributed by atoms with van der Waals surface area (Å²) in [6.45, 7) is 0. The van der Waals surface area contributed by atoms with E-state index < -0.39 is 0 Å². The molecule has 6 heteroatoms. The summed E-state index contributed by atoms with van der Waals surface area (Å²) in [5.74, 6) is 1.05. The van der Waals surface area contributed by atoms with Gasteiger partial charge in [-0.3, -0.25) is 0 Å². The third-order valence-electron chi connectivity index (χ3n) is 2.57. The fourth-order valence-corrected chi connectivity index (χ4v) is 1.83. The number of benzene rings is 1. The number of hydrogen-bond acceptors (Lipinski definition) is 5. The van der Waals surface area contributed by atoms with E-state index in [1.54, 1.807) is 24.5 Å². The number of hydrogen-bond donors (Lipinski definition) is 1. The number of halogens is 1. The van der Waals surface area contributed by atoms with E-state index in [1.165, 1.54) is 6.07 Å². The Morgan fingerprint density at radius 3 is 2.75 bits per heavy atom. The van der Waals surface area contributed by atoms with Gasteiger partial charge in [0.15, 0.2) is 10.9 Å². The molecule has 2 heterocycles. The molecular weight excluding hydrogens is 280 g/mol. The highest BCUT2D eigenvalue weighted by molar-refractivity contribution is 6.29. The van der Waals surface area contributed by atoms with Gasteiger partial charge in [0.1, 0.15) is 11.5 Å². The van der Waals surface area contributed by atoms with Crippen LogP contribution in [0.1, 0.15) is 0 Å². The maximum atomic E-state index is 9.68. The van der Waals surface area contributed by atoms with Crippen LogP contribution >= 0.6 is 11.6 Å². The summed E-state index contributed by atoms with van der Waals surface area (Å²) in [5.41, 5.74) is 0.855. The highest BCUT2D eigenvalue weighted by Crippen LogP contribution is 2.31. The Kier molecular flexibility index (Phi) is 3.26. The minimum absolute atomic E-state index is 0.00834. The summed E-state index contributed by atoms with van der Waals surface area (Å²) in [7, 11) is 0. The van der Waals surface area contributed by atoms with Crippen LogP contribution < -0.4 is 4.74 Å². The molecule has 1 aromatic carbocycles. The van der Waals surface area contributed by atoms with Gasteiger partial charge in [-0.2, -0.15) is 0 Å². The maximum Gasteiger partial charge on any atom is 0.281 e. The average molecular weight is 289 g/mol. The monoisotopic (exact) mass is 288 g/mol. The lowest BCUT2D eigenvalue weighted by molar-refractivity contribution is 0.392. The van der Waals surface area contributed by atoms with Gasteiger partial charge >= 0.3 is 0 Å². The summed E-state index contributed by atoms with van der Waals surface area (Å²) >= 11 is 5.61. The molecule has 0 aliphatic heterocycles. The Bertz CT molecular complexity index is 729. The molecule has 0 radical (unpaired) electrons. The first-order valence-corrected chi connectivity index (χ1v) is 6.14. The van der Waals surface area contributed by atoms with E-state index in [1.807, 2.05) is 18.2 Å². The van der Waals surface area contributed by atoms with Gasteiger partial charge in [-0.05, 0) is 24.3 Å². The smallest absolute Gasteiger partial charge is 0.281 e. The molecule has 0 saturated heterocycles. The van der Waals surface area contributed by atoms with E-state index in [0.29, 0.717) is 5.75 Å². The first-order valence-electron chi connectivity index (χ1n) is 5.76. The largest absolute Gasteiger partial charge is 0.503 e. The molecule has 3 rings (SSSR count). The second-order valence-corrected chi connectivity index (χ2v) is 4.35. The molecule has 0 aliphatic carbocycles. The molecule has 0 amide bonds. The zero-order valence-corrected chi connectivity index (χ0v) is 10.9. The Hall–Kier alpha value is -2.53. The summed E-state index contributed by atoms with van der Waals surface area (Å²) in [4.78, 5) is 0. The average Bonchev–Trinajstić information content (AvgIpc) is 2.96. The van der Waals surface area contributed by atoms with Crippen LogP contribution in [-0.4, -0.2) is 15.3 Å². The minimum Gasteiger partial charge on any atom is -0.503 e. The van der Waals surface area contributed by atoms with E-state index in [0.717, 1.165) is 11.3 Å². The number of rotatable bonds is 3. The van der Waals surface area contributed by atoms with Crippen molar-refractivity contribution in [3.8, 4) is 28.7 Å². The van der Waals surface area contributed by atoms with Gasteiger partial charge in [0.2, 0.25) is 0 Å². The molecule has 1 N–H and O–H groups in total. The number of aromatic nitrogens is 2. The van der Waals surface area contributed by atoms with Gasteiger partial charge in [-0.1, -0.05) is 23.7 Å². The summed E-state index contributed by atoms with van der Waals surface area (Å²) in [6.07, 6.45) is 1.60. The molecule has 0 unspecified atom stereocenters. The van der Waals surface area contributed by atoms with Gasteiger partial charge in [0.25, 0.3) is 5.88 Å². The molecule has 5 nitrogen and oxygen atoms in total. The van der Waals surface area contributed by atoms with E-state index in [-0.39, 0.29) is 16.8 Å². The first-order chi connectivity index (χ1) is 9.72. The fourth-order valence-electron chi connectivity index (χ4n) is 1.69. The van der Waals surface area contributed by atoms with Crippen molar-refractivity contribution in [2.75, 3.05) is 0 Å². The standard InChI is InChI=1S/C14H9ClN2O3/c15-13-8-11(18)14(17-16-13)20-10-4-1-3-9(7-10)12-5-2-6-19-12/h1-8H,(H,16,18). The molecule has 0 fully saturated rings. The Labute approximate surface area is 119 Å². The van der Waals surface area contributed by atoms with E-state index in [2.05, 4.69) is 10.2 Å². The fraction of sp³-hybridized carbons (Fsp3) is 0. The third-order valence-corrected chi connectivity index (χ3v) is 2.75. The molecule has 0 aliphatic rings. The molecule has 0 atom stereocenters. The van der Waals surface area contributed by atoms with Crippen molar-refractivity contribution < 1.29 is 14.3 Å². The lowest BCUT2D eigenvalue weighted by Crippen LogP contribution is -1.91. The highest BCUT2D eigenvalue weighted by atomic mass is 35.5. The number of nitrogens with zero attached hydrogens (tertiary/aromatic N) is 2. The number of furan rings is 1. The minimum atomic E-state index is -0.173. The van der Waals surface area contributed by atoms with E-state index >= 15 is 0 Å². The van der Waals surface area contributed by atoms with Gasteiger partial charge < -0.3 is 14.3 Å². The van der Waals surface area contributed by atoms with Crippen molar-refractivity contribution in [1.29, 1.82) is 0 Å². The maximum absolute atomic E-state index is 9.68. The second-order valence-electron chi connectivity index (χ2n) is 3.96. The van der Waals surface area contributed by atoms with Crippen molar-refractivity contribution in [2.45, 2.75) is 0 Å². The van der Waals surface area contributed by atoms with Crippen LogP contribution in [0.4, 0.5) is 0 Å². The summed E-state index contributed by atoms with van der Waals surface area (Å²) in [5, 5.41) is 17.1. The molecule has 0 bridgehead atoms. The Morgan fingerprint density at radius 2 is 2.00 bits per heavy atom. The van der Waals surface area contributed by atoms with Crippen LogP contribution in [0, 0.1) is 0 Å². The highest BCUT2D eigenvalue weighted by Gasteiger charge is 2.09. The first kappa shape index (κ1) is 12.5. The lowest BCUT2D eigenvalue weighted by Gasteiger charge is -2.06. The van der Waals surface area contributed by atoms with Crippen LogP contribution in [0.25, 0.3) is 11.3 Å². The molecule has 20 heavy (non-hydrogen) atoms. The van der Waals surface area contributed by atoms with Gasteiger partial charge in [-0.15, -0.1) is 10.2 Å². The van der Waals surface area contributed by atoms with Crippen molar-refractivity contribution in [2.24, 2.45) is 0 Å². The molecule has 0 saturated carbocycles. The normalized spacial score (nSPS) is 10.4. The van der Waals surface area contributed by atoms with E-state index in [4.69, 9.17) is 20.8 Å². The quantitative estimate of drug-likeness (QED) is 0.792. The molecular formula is C14H9ClN2O3. The molecule has 3 aromatic rings. The SMILES string of the molecule is Oc1cc(Cl)nnc1Oc1cccc(-c2ccco2)c1. The van der Waals surface area contributed by atoms with Gasteiger partial charge in [0, 0.05) is 11.6 Å². The summed E-state index contributed by atoms with van der Waals surface area (Å²) in [6, 6.07) is 12.1. The van der Waals surface area contributed by atoms with E-state index in [9.17, 15) is 5.11 Å². The molecule has 2 aromatic heterocycles. The van der Waals surface area contributed by atoms with Crippen molar-refractivity contribution in [3.63, 3.8) is 0 Å². The van der Waals surface area contributed by atoms with Crippen molar-refractivity contribution in [3.05, 3.63) is 53.9 Å². The summed E-state index contributed by atoms with van der Waals surface area (Å²) < 4.78 is 10.8. The van der Waals surface area contributed by atoms with Crippen molar-refractivity contribution >= 4 is 11.6 Å². The zero-order valence-electron chi connectivity index (χ0n) is 10.2. The Morgan fingerprint density at radius 1 is 1.10 bits per heavy atom. The lowest BCUT2D eigenvalue weighted by atomic mass is 10.2. The second kappa shape index (κ2) is 5.22. The predicted molar refractivity (Wildman–Crippen MR) is 72.9 cm³/mol.